The third-order valence-corrected chi connectivity index (χ3v) is 5.03. The number of sulfonamides is 1. The molecule has 0 bridgehead atoms. The molecule has 2 rings (SSSR count). The van der Waals surface area contributed by atoms with Gasteiger partial charge in [0.05, 0.1) is 5.60 Å². The van der Waals surface area contributed by atoms with Crippen molar-refractivity contribution in [3.05, 3.63) is 18.0 Å². The van der Waals surface area contributed by atoms with Crippen molar-refractivity contribution in [2.75, 3.05) is 13.1 Å². The van der Waals surface area contributed by atoms with Crippen molar-refractivity contribution in [2.24, 2.45) is 0 Å². The molecule has 0 saturated carbocycles. The van der Waals surface area contributed by atoms with Gasteiger partial charge in [0.15, 0.2) is 0 Å². The molecule has 0 aromatic carbocycles. The average molecular weight is 302 g/mol. The van der Waals surface area contributed by atoms with E-state index in [1.54, 1.807) is 20.8 Å². The minimum atomic E-state index is -3.75. The first-order chi connectivity index (χ1) is 9.04. The fourth-order valence-corrected chi connectivity index (χ4v) is 3.93. The van der Waals surface area contributed by atoms with Crippen LogP contribution in [0.15, 0.2) is 17.2 Å². The van der Waals surface area contributed by atoms with Crippen LogP contribution in [0, 0.1) is 0 Å². The van der Waals surface area contributed by atoms with E-state index in [0.29, 0.717) is 0 Å². The highest BCUT2D eigenvalue weighted by molar-refractivity contribution is 7.89. The molecule has 0 radical (unpaired) electrons. The maximum atomic E-state index is 12.3. The minimum Gasteiger partial charge on any atom is -0.477 e. The van der Waals surface area contributed by atoms with Crippen molar-refractivity contribution in [2.45, 2.75) is 37.3 Å². The second-order valence-corrected chi connectivity index (χ2v) is 7.58. The molecule has 0 atom stereocenters. The van der Waals surface area contributed by atoms with Gasteiger partial charge in [-0.3, -0.25) is 0 Å². The molecule has 2 heterocycles. The van der Waals surface area contributed by atoms with E-state index in [1.165, 1.54) is 10.8 Å². The average Bonchev–Trinajstić information content (AvgIpc) is 2.71. The summed E-state index contributed by atoms with van der Waals surface area (Å²) in [6.45, 7) is 5.14. The van der Waals surface area contributed by atoms with E-state index in [4.69, 9.17) is 5.11 Å². The molecule has 20 heavy (non-hydrogen) atoms. The maximum absolute atomic E-state index is 12.3. The van der Waals surface area contributed by atoms with Crippen LogP contribution in [0.3, 0.4) is 0 Å². The fourth-order valence-electron chi connectivity index (χ4n) is 2.23. The lowest BCUT2D eigenvalue weighted by atomic mass is 10.0. The summed E-state index contributed by atoms with van der Waals surface area (Å²) in [7, 11) is -3.75. The van der Waals surface area contributed by atoms with E-state index in [9.17, 15) is 18.3 Å². The molecular weight excluding hydrogens is 284 g/mol. The zero-order valence-electron chi connectivity index (χ0n) is 11.6. The van der Waals surface area contributed by atoms with Crippen LogP contribution < -0.4 is 0 Å². The Labute approximate surface area is 117 Å². The van der Waals surface area contributed by atoms with Crippen LogP contribution in [0.2, 0.25) is 0 Å². The summed E-state index contributed by atoms with van der Waals surface area (Å²) >= 11 is 0. The fraction of sp³-hybridized carbons (Fsp3) is 0.583. The van der Waals surface area contributed by atoms with E-state index in [-0.39, 0.29) is 29.7 Å². The molecule has 8 heteroatoms. The number of hydrogen-bond acceptors (Lipinski definition) is 4. The van der Waals surface area contributed by atoms with E-state index in [0.717, 1.165) is 10.4 Å². The predicted octanol–water partition coefficient (Wildman–Crippen LogP) is 0.522. The number of rotatable bonds is 4. The van der Waals surface area contributed by atoms with Crippen LogP contribution in [-0.4, -0.2) is 52.2 Å². The molecule has 7 nitrogen and oxygen atoms in total. The van der Waals surface area contributed by atoms with Crippen LogP contribution >= 0.6 is 0 Å². The molecule has 2 N–H and O–H groups in total. The van der Waals surface area contributed by atoms with Crippen LogP contribution in [0.25, 0.3) is 0 Å². The third kappa shape index (κ3) is 2.46. The summed E-state index contributed by atoms with van der Waals surface area (Å²) in [5.41, 5.74) is -1.07. The molecule has 1 aromatic rings. The summed E-state index contributed by atoms with van der Waals surface area (Å²) < 4.78 is 27.2. The van der Waals surface area contributed by atoms with Gasteiger partial charge in [-0.2, -0.15) is 4.31 Å². The van der Waals surface area contributed by atoms with Crippen LogP contribution in [-0.2, 0) is 10.0 Å². The van der Waals surface area contributed by atoms with Crippen molar-refractivity contribution in [1.29, 1.82) is 0 Å². The molecule has 1 saturated heterocycles. The number of carbonyl (C=O) groups is 1. The molecule has 0 spiro atoms. The second-order valence-electron chi connectivity index (χ2n) is 5.64. The van der Waals surface area contributed by atoms with Crippen LogP contribution in [0.4, 0.5) is 0 Å². The third-order valence-electron chi connectivity index (χ3n) is 3.27. The smallest absolute Gasteiger partial charge is 0.352 e. The summed E-state index contributed by atoms with van der Waals surface area (Å²) in [4.78, 5) is 11.1. The quantitative estimate of drug-likeness (QED) is 0.844. The molecule has 0 unspecified atom stereocenters. The molecule has 0 aliphatic carbocycles. The standard InChI is InChI=1S/C12H18N2O5S/c1-8(2)14-5-9(4-10(14)11(15)16)20(18,19)13-6-12(3,17)7-13/h4-5,8,17H,6-7H2,1-3H3,(H,15,16). The largest absolute Gasteiger partial charge is 0.477 e. The number of carboxylic acids is 1. The van der Waals surface area contributed by atoms with Gasteiger partial charge in [-0.1, -0.05) is 0 Å². The van der Waals surface area contributed by atoms with Crippen LogP contribution in [0.5, 0.6) is 0 Å². The number of aliphatic hydroxyl groups is 1. The lowest BCUT2D eigenvalue weighted by molar-refractivity contribution is -0.0426. The normalized spacial score (nSPS) is 19.1. The monoisotopic (exact) mass is 302 g/mol. The molecule has 1 fully saturated rings. The first-order valence-corrected chi connectivity index (χ1v) is 7.66. The van der Waals surface area contributed by atoms with E-state index >= 15 is 0 Å². The Kier molecular flexibility index (Phi) is 3.43. The van der Waals surface area contributed by atoms with Gasteiger partial charge in [0, 0.05) is 25.3 Å². The van der Waals surface area contributed by atoms with Gasteiger partial charge in [0.25, 0.3) is 0 Å². The van der Waals surface area contributed by atoms with Crippen molar-refractivity contribution in [3.63, 3.8) is 0 Å². The summed E-state index contributed by atoms with van der Waals surface area (Å²) in [5.74, 6) is -1.17. The Bertz CT molecular complexity index is 637. The van der Waals surface area contributed by atoms with Gasteiger partial charge in [0.2, 0.25) is 10.0 Å². The number of hydrogen-bond donors (Lipinski definition) is 2. The van der Waals surface area contributed by atoms with Gasteiger partial charge in [-0.25, -0.2) is 13.2 Å². The number of carboxylic acid groups (broad SMARTS) is 1. The molecule has 1 aliphatic rings. The molecule has 0 amide bonds. The number of β-amino-alcohol motifs (C(OH)–C–C–N with tert-alkyl or cyclic N) is 1. The van der Waals surface area contributed by atoms with Crippen molar-refractivity contribution in [1.82, 2.24) is 8.87 Å². The van der Waals surface area contributed by atoms with Gasteiger partial charge in [-0.15, -0.1) is 0 Å². The summed E-state index contributed by atoms with van der Waals surface area (Å²) in [6, 6.07) is 0.995. The predicted molar refractivity (Wildman–Crippen MR) is 71.2 cm³/mol. The van der Waals surface area contributed by atoms with Gasteiger partial charge in [-0.05, 0) is 26.8 Å². The highest BCUT2D eigenvalue weighted by Gasteiger charge is 2.44. The van der Waals surface area contributed by atoms with Gasteiger partial charge in [0.1, 0.15) is 10.6 Å². The van der Waals surface area contributed by atoms with Crippen molar-refractivity contribution in [3.8, 4) is 0 Å². The van der Waals surface area contributed by atoms with Crippen molar-refractivity contribution >= 4 is 16.0 Å². The Morgan fingerprint density at radius 2 is 1.95 bits per heavy atom. The first-order valence-electron chi connectivity index (χ1n) is 6.22. The lowest BCUT2D eigenvalue weighted by Gasteiger charge is -2.42. The second kappa shape index (κ2) is 4.57. The summed E-state index contributed by atoms with van der Waals surface area (Å²) in [6.07, 6.45) is 1.33. The Morgan fingerprint density at radius 3 is 2.30 bits per heavy atom. The van der Waals surface area contributed by atoms with Gasteiger partial charge >= 0.3 is 5.97 Å². The first kappa shape index (κ1) is 15.0. The van der Waals surface area contributed by atoms with Crippen molar-refractivity contribution < 1.29 is 23.4 Å². The van der Waals surface area contributed by atoms with E-state index < -0.39 is 21.6 Å². The molecular formula is C12H18N2O5S. The maximum Gasteiger partial charge on any atom is 0.352 e. The number of aromatic nitrogens is 1. The highest BCUT2D eigenvalue weighted by atomic mass is 32.2. The molecule has 1 aliphatic heterocycles. The Hall–Kier alpha value is -1.38. The Balaban J connectivity index is 2.39. The minimum absolute atomic E-state index is 0.0184. The van der Waals surface area contributed by atoms with E-state index in [1.807, 2.05) is 0 Å². The number of aromatic carboxylic acids is 1. The van der Waals surface area contributed by atoms with Crippen LogP contribution in [0.1, 0.15) is 37.3 Å². The SMILES string of the molecule is CC(C)n1cc(S(=O)(=O)N2CC(C)(O)C2)cc1C(=O)O. The number of nitrogens with zero attached hydrogens (tertiary/aromatic N) is 2. The molecule has 112 valence electrons. The highest BCUT2D eigenvalue weighted by Crippen LogP contribution is 2.29. The zero-order chi connectivity index (χ0) is 15.3. The topological polar surface area (TPSA) is 99.8 Å². The molecule has 1 aromatic heterocycles. The lowest BCUT2D eigenvalue weighted by Crippen LogP contribution is -2.61. The Morgan fingerprint density at radius 1 is 1.40 bits per heavy atom. The van der Waals surface area contributed by atoms with Gasteiger partial charge < -0.3 is 14.8 Å². The van der Waals surface area contributed by atoms with E-state index in [2.05, 4.69) is 0 Å². The zero-order valence-corrected chi connectivity index (χ0v) is 12.4. The summed E-state index contributed by atoms with van der Waals surface area (Å²) in [5, 5.41) is 18.7.